The number of nitrogens with zero attached hydrogens (tertiary/aromatic N) is 3. The molecule has 0 amide bonds. The summed E-state index contributed by atoms with van der Waals surface area (Å²) < 4.78 is 0. The number of nitriles is 1. The van der Waals surface area contributed by atoms with Gasteiger partial charge in [-0.25, -0.2) is 0 Å². The lowest BCUT2D eigenvalue weighted by Gasteiger charge is -2.37. The van der Waals surface area contributed by atoms with Gasteiger partial charge in [0.2, 0.25) is 0 Å². The van der Waals surface area contributed by atoms with Gasteiger partial charge in [-0.2, -0.15) is 5.26 Å². The Morgan fingerprint density at radius 2 is 2.33 bits per heavy atom. The first kappa shape index (κ1) is 9.46. The van der Waals surface area contributed by atoms with Crippen molar-refractivity contribution in [1.29, 1.82) is 5.26 Å². The Kier molecular flexibility index (Phi) is 3.48. The summed E-state index contributed by atoms with van der Waals surface area (Å²) in [6, 6.07) is 2.32. The Bertz CT molecular complexity index is 178. The number of aliphatic hydroxyl groups is 1. The maximum absolute atomic E-state index is 9.00. The second-order valence-electron chi connectivity index (χ2n) is 3.21. The predicted molar refractivity (Wildman–Crippen MR) is 45.6 cm³/mol. The van der Waals surface area contributed by atoms with E-state index >= 15 is 0 Å². The second-order valence-corrected chi connectivity index (χ2v) is 3.21. The zero-order chi connectivity index (χ0) is 8.97. The van der Waals surface area contributed by atoms with E-state index < -0.39 is 0 Å². The van der Waals surface area contributed by atoms with Crippen LogP contribution in [0.4, 0.5) is 0 Å². The Morgan fingerprint density at radius 3 is 2.92 bits per heavy atom. The van der Waals surface area contributed by atoms with Gasteiger partial charge in [-0.3, -0.25) is 9.80 Å². The number of aliphatic hydroxyl groups excluding tert-OH is 1. The quantitative estimate of drug-likeness (QED) is 0.545. The average molecular weight is 169 g/mol. The van der Waals surface area contributed by atoms with Gasteiger partial charge >= 0.3 is 0 Å². The van der Waals surface area contributed by atoms with Crippen molar-refractivity contribution in [1.82, 2.24) is 9.80 Å². The third kappa shape index (κ3) is 2.18. The van der Waals surface area contributed by atoms with Gasteiger partial charge in [0.1, 0.15) is 0 Å². The molecule has 0 radical (unpaired) electrons. The molecular formula is C8H15N3O. The molecule has 1 saturated heterocycles. The Morgan fingerprint density at radius 1 is 1.58 bits per heavy atom. The highest BCUT2D eigenvalue weighted by Crippen LogP contribution is 2.05. The average Bonchev–Trinajstić information content (AvgIpc) is 2.09. The zero-order valence-electron chi connectivity index (χ0n) is 7.40. The van der Waals surface area contributed by atoms with E-state index in [4.69, 9.17) is 10.4 Å². The van der Waals surface area contributed by atoms with Crippen LogP contribution in [-0.4, -0.2) is 60.8 Å². The summed E-state index contributed by atoms with van der Waals surface area (Å²) in [6.07, 6.45) is 0. The third-order valence-corrected chi connectivity index (χ3v) is 2.37. The van der Waals surface area contributed by atoms with Gasteiger partial charge in [0.15, 0.2) is 0 Å². The molecule has 1 aliphatic heterocycles. The van der Waals surface area contributed by atoms with Gasteiger partial charge in [-0.15, -0.1) is 0 Å². The van der Waals surface area contributed by atoms with E-state index in [-0.39, 0.29) is 12.6 Å². The van der Waals surface area contributed by atoms with Crippen molar-refractivity contribution < 1.29 is 5.11 Å². The summed E-state index contributed by atoms with van der Waals surface area (Å²) >= 11 is 0. The van der Waals surface area contributed by atoms with Gasteiger partial charge in [-0.1, -0.05) is 0 Å². The first-order chi connectivity index (χ1) is 5.77. The third-order valence-electron chi connectivity index (χ3n) is 2.37. The molecule has 1 fully saturated rings. The van der Waals surface area contributed by atoms with Crippen LogP contribution in [0.15, 0.2) is 0 Å². The van der Waals surface area contributed by atoms with E-state index in [9.17, 15) is 0 Å². The number of hydrogen-bond donors (Lipinski definition) is 1. The molecule has 68 valence electrons. The number of hydrogen-bond acceptors (Lipinski definition) is 4. The van der Waals surface area contributed by atoms with Gasteiger partial charge in [0, 0.05) is 25.7 Å². The lowest BCUT2D eigenvalue weighted by Crippen LogP contribution is -2.52. The zero-order valence-corrected chi connectivity index (χ0v) is 7.40. The molecule has 4 nitrogen and oxygen atoms in total. The molecule has 0 aromatic heterocycles. The molecule has 0 aliphatic carbocycles. The van der Waals surface area contributed by atoms with Crippen molar-refractivity contribution in [2.75, 3.05) is 39.8 Å². The Balaban J connectivity index is 2.39. The van der Waals surface area contributed by atoms with Gasteiger partial charge < -0.3 is 5.11 Å². The lowest BCUT2D eigenvalue weighted by molar-refractivity contribution is 0.0642. The van der Waals surface area contributed by atoms with Crippen LogP contribution in [0.2, 0.25) is 0 Å². The minimum absolute atomic E-state index is 0.179. The molecule has 0 spiro atoms. The van der Waals surface area contributed by atoms with Crippen molar-refractivity contribution in [2.45, 2.75) is 6.04 Å². The van der Waals surface area contributed by atoms with Crippen molar-refractivity contribution in [3.05, 3.63) is 0 Å². The van der Waals surface area contributed by atoms with Crippen LogP contribution in [-0.2, 0) is 0 Å². The van der Waals surface area contributed by atoms with E-state index in [0.717, 1.165) is 19.6 Å². The molecule has 1 aliphatic rings. The van der Waals surface area contributed by atoms with Crippen LogP contribution in [0.3, 0.4) is 0 Å². The summed E-state index contributed by atoms with van der Waals surface area (Å²) in [4.78, 5) is 4.20. The molecule has 4 heteroatoms. The SMILES string of the molecule is CN1CCN(CC#N)CC1CO. The minimum Gasteiger partial charge on any atom is -0.395 e. The number of likely N-dealkylation sites (N-methyl/N-ethyl adjacent to an activating group) is 1. The van der Waals surface area contributed by atoms with Crippen LogP contribution in [0.25, 0.3) is 0 Å². The van der Waals surface area contributed by atoms with Crippen molar-refractivity contribution in [3.63, 3.8) is 0 Å². The molecule has 1 unspecified atom stereocenters. The first-order valence-electron chi connectivity index (χ1n) is 4.18. The maximum atomic E-state index is 9.00. The van der Waals surface area contributed by atoms with E-state index in [1.807, 2.05) is 7.05 Å². The molecule has 12 heavy (non-hydrogen) atoms. The molecule has 0 aromatic rings. The van der Waals surface area contributed by atoms with Crippen LogP contribution in [0.5, 0.6) is 0 Å². The maximum Gasteiger partial charge on any atom is 0.0866 e. The monoisotopic (exact) mass is 169 g/mol. The molecule has 1 rings (SSSR count). The van der Waals surface area contributed by atoms with Crippen LogP contribution < -0.4 is 0 Å². The van der Waals surface area contributed by atoms with Crippen molar-refractivity contribution >= 4 is 0 Å². The topological polar surface area (TPSA) is 50.5 Å². The molecule has 1 heterocycles. The van der Waals surface area contributed by atoms with E-state index in [1.54, 1.807) is 0 Å². The van der Waals surface area contributed by atoms with Crippen LogP contribution >= 0.6 is 0 Å². The molecular weight excluding hydrogens is 154 g/mol. The Labute approximate surface area is 73.0 Å². The Hall–Kier alpha value is -0.630. The van der Waals surface area contributed by atoms with E-state index in [0.29, 0.717) is 6.54 Å². The van der Waals surface area contributed by atoms with Gasteiger partial charge in [0.25, 0.3) is 0 Å². The number of piperazine rings is 1. The summed E-state index contributed by atoms with van der Waals surface area (Å²) in [7, 11) is 2.00. The van der Waals surface area contributed by atoms with Gasteiger partial charge in [0.05, 0.1) is 19.2 Å². The summed E-state index contributed by atoms with van der Waals surface area (Å²) in [6.45, 7) is 3.33. The highest BCUT2D eigenvalue weighted by molar-refractivity contribution is 4.84. The highest BCUT2D eigenvalue weighted by Gasteiger charge is 2.22. The fourth-order valence-corrected chi connectivity index (χ4v) is 1.45. The molecule has 0 aromatic carbocycles. The molecule has 1 atom stereocenters. The first-order valence-corrected chi connectivity index (χ1v) is 4.18. The lowest BCUT2D eigenvalue weighted by atomic mass is 10.2. The fourth-order valence-electron chi connectivity index (χ4n) is 1.45. The summed E-state index contributed by atoms with van der Waals surface area (Å²) in [5.41, 5.74) is 0. The van der Waals surface area contributed by atoms with Crippen molar-refractivity contribution in [3.8, 4) is 6.07 Å². The molecule has 0 bridgehead atoms. The van der Waals surface area contributed by atoms with Gasteiger partial charge in [-0.05, 0) is 7.05 Å². The van der Waals surface area contributed by atoms with Crippen LogP contribution in [0, 0.1) is 11.3 Å². The number of rotatable bonds is 2. The normalized spacial score (nSPS) is 26.9. The second kappa shape index (κ2) is 4.41. The largest absolute Gasteiger partial charge is 0.395 e. The highest BCUT2D eigenvalue weighted by atomic mass is 16.3. The standard InChI is InChI=1S/C8H15N3O/c1-10-4-5-11(3-2-9)6-8(10)7-12/h8,12H,3-7H2,1H3. The fraction of sp³-hybridized carbons (Fsp3) is 0.875. The molecule has 1 N–H and O–H groups in total. The summed E-state index contributed by atoms with van der Waals surface area (Å²) in [5, 5.41) is 17.5. The van der Waals surface area contributed by atoms with Crippen molar-refractivity contribution in [2.24, 2.45) is 0 Å². The smallest absolute Gasteiger partial charge is 0.0866 e. The van der Waals surface area contributed by atoms with Crippen LogP contribution in [0.1, 0.15) is 0 Å². The van der Waals surface area contributed by atoms with E-state index in [1.165, 1.54) is 0 Å². The molecule has 0 saturated carbocycles. The minimum atomic E-state index is 0.179. The predicted octanol–water partition coefficient (Wildman–Crippen LogP) is -0.882. The summed E-state index contributed by atoms with van der Waals surface area (Å²) in [5.74, 6) is 0. The van der Waals surface area contributed by atoms with E-state index in [2.05, 4.69) is 15.9 Å².